The van der Waals surface area contributed by atoms with Crippen LogP contribution in [0.25, 0.3) is 6.08 Å². The van der Waals surface area contributed by atoms with Crippen LogP contribution >= 0.6 is 0 Å². The molecular weight excluding hydrogens is 356 g/mol. The van der Waals surface area contributed by atoms with Crippen LogP contribution in [0, 0.1) is 13.8 Å². The number of methoxy groups -OCH3 is 2. The maximum absolute atomic E-state index is 12.9. The van der Waals surface area contributed by atoms with Gasteiger partial charge in [0, 0.05) is 11.1 Å². The summed E-state index contributed by atoms with van der Waals surface area (Å²) in [4.78, 5) is 24.2. The van der Waals surface area contributed by atoms with Crippen LogP contribution in [0.15, 0.2) is 35.9 Å². The lowest BCUT2D eigenvalue weighted by atomic mass is 9.85. The number of rotatable bonds is 5. The zero-order chi connectivity index (χ0) is 20.3. The van der Waals surface area contributed by atoms with E-state index in [9.17, 15) is 9.59 Å². The van der Waals surface area contributed by atoms with E-state index in [4.69, 9.17) is 9.47 Å². The Morgan fingerprint density at radius 3 is 2.43 bits per heavy atom. The second-order valence-electron chi connectivity index (χ2n) is 6.87. The summed E-state index contributed by atoms with van der Waals surface area (Å²) in [6.07, 6.45) is 3.44. The molecule has 146 valence electrons. The topological polar surface area (TPSA) is 61.8 Å². The molecule has 0 spiro atoms. The molecule has 1 aliphatic rings. The van der Waals surface area contributed by atoms with Gasteiger partial charge < -0.3 is 14.2 Å². The number of allylic oxidation sites excluding steroid dienone is 1. The summed E-state index contributed by atoms with van der Waals surface area (Å²) >= 11 is 0. The van der Waals surface area contributed by atoms with E-state index in [2.05, 4.69) is 4.74 Å². The van der Waals surface area contributed by atoms with Crippen LogP contribution in [0.3, 0.4) is 0 Å². The number of Topliss-reactive ketones (excluding diaryl/α,β-unsaturated/α-hetero) is 1. The Bertz CT molecular complexity index is 932. The molecule has 0 unspecified atom stereocenters. The quantitative estimate of drug-likeness (QED) is 0.578. The number of hydrogen-bond donors (Lipinski definition) is 0. The average molecular weight is 380 g/mol. The molecule has 0 atom stereocenters. The van der Waals surface area contributed by atoms with Crippen molar-refractivity contribution in [1.82, 2.24) is 0 Å². The Kier molecular flexibility index (Phi) is 5.83. The van der Waals surface area contributed by atoms with Gasteiger partial charge in [-0.25, -0.2) is 4.79 Å². The smallest absolute Gasteiger partial charge is 0.343 e. The predicted octanol–water partition coefficient (Wildman–Crippen LogP) is 4.08. The van der Waals surface area contributed by atoms with E-state index < -0.39 is 5.97 Å². The monoisotopic (exact) mass is 380 g/mol. The number of fused-ring (bicyclic) bond motifs is 1. The SMILES string of the molecule is COC(=O)COc1c(C)cc(C=C2CCc3cc(OC)ccc3C2=O)cc1C. The van der Waals surface area contributed by atoms with Gasteiger partial charge in [0.2, 0.25) is 0 Å². The van der Waals surface area contributed by atoms with Gasteiger partial charge in [-0.2, -0.15) is 0 Å². The van der Waals surface area contributed by atoms with Gasteiger partial charge in [-0.05, 0) is 85.4 Å². The van der Waals surface area contributed by atoms with Crippen molar-refractivity contribution >= 4 is 17.8 Å². The van der Waals surface area contributed by atoms with Gasteiger partial charge in [0.1, 0.15) is 11.5 Å². The fourth-order valence-corrected chi connectivity index (χ4v) is 3.50. The number of benzene rings is 2. The van der Waals surface area contributed by atoms with Crippen molar-refractivity contribution in [2.24, 2.45) is 0 Å². The Balaban J connectivity index is 1.85. The first-order valence-corrected chi connectivity index (χ1v) is 9.16. The van der Waals surface area contributed by atoms with Gasteiger partial charge in [0.25, 0.3) is 0 Å². The van der Waals surface area contributed by atoms with Crippen molar-refractivity contribution < 1.29 is 23.8 Å². The first kappa shape index (κ1) is 19.7. The Hall–Kier alpha value is -3.08. The molecule has 0 N–H and O–H groups in total. The summed E-state index contributed by atoms with van der Waals surface area (Å²) in [6.45, 7) is 3.72. The molecule has 0 saturated carbocycles. The highest BCUT2D eigenvalue weighted by Crippen LogP contribution is 2.31. The Morgan fingerprint density at radius 1 is 1.07 bits per heavy atom. The summed E-state index contributed by atoms with van der Waals surface area (Å²) in [7, 11) is 2.96. The third-order valence-corrected chi connectivity index (χ3v) is 4.90. The molecule has 28 heavy (non-hydrogen) atoms. The lowest BCUT2D eigenvalue weighted by Gasteiger charge is -2.19. The number of aryl methyl sites for hydroxylation is 3. The molecule has 3 rings (SSSR count). The van der Waals surface area contributed by atoms with Gasteiger partial charge in [-0.3, -0.25) is 4.79 Å². The van der Waals surface area contributed by atoms with E-state index in [0.29, 0.717) is 12.2 Å². The van der Waals surface area contributed by atoms with Crippen molar-refractivity contribution in [1.29, 1.82) is 0 Å². The number of ether oxygens (including phenoxy) is 3. The molecule has 5 heteroatoms. The molecule has 0 aromatic heterocycles. The van der Waals surface area contributed by atoms with Gasteiger partial charge >= 0.3 is 5.97 Å². The van der Waals surface area contributed by atoms with Crippen LogP contribution in [0.5, 0.6) is 11.5 Å². The third-order valence-electron chi connectivity index (χ3n) is 4.90. The number of hydrogen-bond acceptors (Lipinski definition) is 5. The molecule has 5 nitrogen and oxygen atoms in total. The molecule has 0 aliphatic heterocycles. The Labute approximate surface area is 164 Å². The zero-order valence-electron chi connectivity index (χ0n) is 16.6. The Morgan fingerprint density at radius 2 is 1.79 bits per heavy atom. The number of esters is 1. The maximum Gasteiger partial charge on any atom is 0.343 e. The largest absolute Gasteiger partial charge is 0.497 e. The van der Waals surface area contributed by atoms with Crippen LogP contribution in [-0.4, -0.2) is 32.6 Å². The van der Waals surface area contributed by atoms with E-state index in [0.717, 1.165) is 45.6 Å². The fraction of sp³-hybridized carbons (Fsp3) is 0.304. The standard InChI is InChI=1S/C23H24O5/c1-14-9-16(10-15(2)23(14)28-13-21(24)27-4)11-18-6-5-17-12-19(26-3)7-8-20(17)22(18)25/h7-12H,5-6,13H2,1-4H3. The van der Waals surface area contributed by atoms with Crippen molar-refractivity contribution in [3.63, 3.8) is 0 Å². The van der Waals surface area contributed by atoms with E-state index in [1.807, 2.05) is 50.3 Å². The minimum absolute atomic E-state index is 0.0604. The van der Waals surface area contributed by atoms with Crippen LogP contribution in [0.2, 0.25) is 0 Å². The van der Waals surface area contributed by atoms with Crippen molar-refractivity contribution in [2.75, 3.05) is 20.8 Å². The molecule has 2 aromatic carbocycles. The van der Waals surface area contributed by atoms with Crippen LogP contribution in [0.1, 0.15) is 39.0 Å². The number of carbonyl (C=O) groups is 2. The third kappa shape index (κ3) is 4.09. The first-order chi connectivity index (χ1) is 13.4. The molecule has 0 bridgehead atoms. The van der Waals surface area contributed by atoms with E-state index in [-0.39, 0.29) is 12.4 Å². The normalized spacial score (nSPS) is 14.6. The molecule has 0 saturated heterocycles. The van der Waals surface area contributed by atoms with Crippen molar-refractivity contribution in [3.05, 3.63) is 63.7 Å². The second kappa shape index (κ2) is 8.30. The van der Waals surface area contributed by atoms with E-state index in [1.54, 1.807) is 7.11 Å². The maximum atomic E-state index is 12.9. The first-order valence-electron chi connectivity index (χ1n) is 9.16. The summed E-state index contributed by atoms with van der Waals surface area (Å²) in [5.74, 6) is 1.08. The molecule has 2 aromatic rings. The molecular formula is C23H24O5. The summed E-state index contributed by atoms with van der Waals surface area (Å²) in [5, 5.41) is 0. The van der Waals surface area contributed by atoms with Crippen LogP contribution in [-0.2, 0) is 16.0 Å². The highest BCUT2D eigenvalue weighted by atomic mass is 16.6. The molecule has 0 fully saturated rings. The lowest BCUT2D eigenvalue weighted by molar-refractivity contribution is -0.142. The number of ketones is 1. The fourth-order valence-electron chi connectivity index (χ4n) is 3.50. The van der Waals surface area contributed by atoms with Crippen LogP contribution in [0.4, 0.5) is 0 Å². The van der Waals surface area contributed by atoms with Gasteiger partial charge in [0.15, 0.2) is 12.4 Å². The molecule has 0 heterocycles. The summed E-state index contributed by atoms with van der Waals surface area (Å²) < 4.78 is 15.4. The molecule has 0 radical (unpaired) electrons. The van der Waals surface area contributed by atoms with Crippen LogP contribution < -0.4 is 9.47 Å². The van der Waals surface area contributed by atoms with E-state index >= 15 is 0 Å². The number of carbonyl (C=O) groups excluding carboxylic acids is 2. The van der Waals surface area contributed by atoms with Crippen molar-refractivity contribution in [3.8, 4) is 11.5 Å². The predicted molar refractivity (Wildman–Crippen MR) is 107 cm³/mol. The zero-order valence-corrected chi connectivity index (χ0v) is 16.6. The highest BCUT2D eigenvalue weighted by molar-refractivity contribution is 6.13. The summed E-state index contributed by atoms with van der Waals surface area (Å²) in [6, 6.07) is 9.52. The van der Waals surface area contributed by atoms with Gasteiger partial charge in [-0.1, -0.05) is 0 Å². The molecule has 0 amide bonds. The minimum atomic E-state index is -0.423. The lowest BCUT2D eigenvalue weighted by Crippen LogP contribution is -2.14. The minimum Gasteiger partial charge on any atom is -0.497 e. The highest BCUT2D eigenvalue weighted by Gasteiger charge is 2.22. The average Bonchev–Trinajstić information content (AvgIpc) is 2.69. The summed E-state index contributed by atoms with van der Waals surface area (Å²) in [5.41, 5.74) is 5.32. The second-order valence-corrected chi connectivity index (χ2v) is 6.87. The molecule has 1 aliphatic carbocycles. The van der Waals surface area contributed by atoms with Gasteiger partial charge in [0.05, 0.1) is 14.2 Å². The van der Waals surface area contributed by atoms with Gasteiger partial charge in [-0.15, -0.1) is 0 Å². The van der Waals surface area contributed by atoms with Crippen molar-refractivity contribution in [2.45, 2.75) is 26.7 Å². The van der Waals surface area contributed by atoms with E-state index in [1.165, 1.54) is 7.11 Å².